The van der Waals surface area contributed by atoms with Crippen LogP contribution in [0, 0.1) is 0 Å². The molecule has 4 aromatic carbocycles. The number of nitrogens with one attached hydrogen (secondary N) is 2. The van der Waals surface area contributed by atoms with Crippen molar-refractivity contribution in [1.29, 1.82) is 0 Å². The van der Waals surface area contributed by atoms with Crippen molar-refractivity contribution in [3.63, 3.8) is 0 Å². The third-order valence-corrected chi connectivity index (χ3v) is 15.4. The van der Waals surface area contributed by atoms with Crippen LogP contribution in [0.5, 0.6) is 11.5 Å². The number of benzene rings is 4. The van der Waals surface area contributed by atoms with E-state index in [1.54, 1.807) is 24.3 Å². The lowest BCUT2D eigenvalue weighted by Crippen LogP contribution is -1.97. The van der Waals surface area contributed by atoms with Gasteiger partial charge in [0.1, 0.15) is 11.5 Å². The van der Waals surface area contributed by atoms with Crippen LogP contribution >= 0.6 is 0 Å². The summed E-state index contributed by atoms with van der Waals surface area (Å²) >= 11 is 0. The zero-order valence-electron chi connectivity index (χ0n) is 46.8. The summed E-state index contributed by atoms with van der Waals surface area (Å²) in [6.45, 7) is 5.88. The molecule has 2 aliphatic rings. The molecular formula is C70H78N4O6. The molecule has 7 aromatic rings. The average molecular weight is 1070 g/mol. The van der Waals surface area contributed by atoms with E-state index in [-0.39, 0.29) is 11.1 Å². The van der Waals surface area contributed by atoms with Crippen LogP contribution in [0.15, 0.2) is 121 Å². The summed E-state index contributed by atoms with van der Waals surface area (Å²) in [6.07, 6.45) is 33.5. The molecular weight excluding hydrogens is 993 g/mol. The molecule has 0 atom stereocenters. The minimum atomic E-state index is -1.01. The zero-order valence-corrected chi connectivity index (χ0v) is 46.8. The summed E-state index contributed by atoms with van der Waals surface area (Å²) in [7, 11) is 0. The number of unbranched alkanes of at least 4 members (excludes halogenated alkanes) is 18. The molecule has 0 fully saturated rings. The Hall–Kier alpha value is -7.98. The van der Waals surface area contributed by atoms with Crippen molar-refractivity contribution in [3.8, 4) is 56.0 Å². The number of rotatable bonds is 30. The standard InChI is InChI=1S/C70H78N4O6/c1-3-5-7-9-11-13-15-17-19-21-47-79-55-35-31-51(32-36-55)67-61-43-41-59(72-61)65(49-23-27-53(28-24-49)69(75)76)57-39-40-58(71-57)66(50-25-29-54(30-26-50)70(77)78)60-42-44-62(73-60)68(64-46-45-63(67)74-64)52-33-37-56(38-34-52)80-48-22-20-18-16-14-12-10-8-6-4-2/h23-46,72-73H,3-22,47-48H2,1-2H3,(H,75,76)(H,77,78). The number of ether oxygens (including phenoxy) is 2. The molecule has 4 N–H and O–H groups in total. The quantitative estimate of drug-likeness (QED) is 0.0325. The van der Waals surface area contributed by atoms with Gasteiger partial charge in [-0.3, -0.25) is 0 Å². The van der Waals surface area contributed by atoms with Crippen LogP contribution in [-0.2, 0) is 0 Å². The molecule has 80 heavy (non-hydrogen) atoms. The van der Waals surface area contributed by atoms with E-state index in [9.17, 15) is 19.8 Å². The Morgan fingerprint density at radius 2 is 0.600 bits per heavy atom. The van der Waals surface area contributed by atoms with Crippen molar-refractivity contribution < 1.29 is 29.3 Å². The summed E-state index contributed by atoms with van der Waals surface area (Å²) in [5.41, 5.74) is 13.3. The Bertz CT molecular complexity index is 3180. The van der Waals surface area contributed by atoms with Gasteiger partial charge in [0.05, 0.1) is 47.1 Å². The molecule has 0 saturated carbocycles. The second-order valence-electron chi connectivity index (χ2n) is 21.4. The summed E-state index contributed by atoms with van der Waals surface area (Å²) in [6, 6.07) is 38.5. The molecule has 414 valence electrons. The smallest absolute Gasteiger partial charge is 0.335 e. The maximum Gasteiger partial charge on any atom is 0.335 e. The van der Waals surface area contributed by atoms with Gasteiger partial charge in [-0.1, -0.05) is 178 Å². The number of aromatic nitrogens is 4. The SMILES string of the molecule is CCCCCCCCCCCCOc1ccc(-c2c3nc(c(-c4ccc(OCCCCCCCCCCCC)cc4)c4ccc([nH]4)c(-c4ccc(C(=O)O)cc4)c4nc(c(-c5ccc(C(=O)O)cc5)c5ccc2[nH]5)C=C4)C=C3)cc1. The highest BCUT2D eigenvalue weighted by molar-refractivity contribution is 6.00. The molecule has 0 aliphatic carbocycles. The first-order valence-electron chi connectivity index (χ1n) is 29.6. The summed E-state index contributed by atoms with van der Waals surface area (Å²) in [5, 5.41) is 19.7. The van der Waals surface area contributed by atoms with Crippen LogP contribution in [0.25, 0.3) is 90.9 Å². The van der Waals surface area contributed by atoms with Gasteiger partial charge in [0, 0.05) is 44.3 Å². The number of carboxylic acids is 2. The average Bonchev–Trinajstić information content (AvgIpc) is 4.35. The van der Waals surface area contributed by atoms with E-state index >= 15 is 0 Å². The van der Waals surface area contributed by atoms with E-state index in [1.165, 1.54) is 103 Å². The van der Waals surface area contributed by atoms with Crippen molar-refractivity contribution in [3.05, 3.63) is 155 Å². The third kappa shape index (κ3) is 14.8. The van der Waals surface area contributed by atoms with Crippen molar-refractivity contribution in [2.45, 2.75) is 142 Å². The Morgan fingerprint density at radius 3 is 0.863 bits per heavy atom. The van der Waals surface area contributed by atoms with E-state index in [0.29, 0.717) is 24.6 Å². The fourth-order valence-corrected chi connectivity index (χ4v) is 11.0. The van der Waals surface area contributed by atoms with Crippen molar-refractivity contribution >= 4 is 58.3 Å². The number of hydrogen-bond donors (Lipinski definition) is 4. The molecule has 5 heterocycles. The Labute approximate surface area is 472 Å². The molecule has 0 unspecified atom stereocenters. The largest absolute Gasteiger partial charge is 0.494 e. The summed E-state index contributed by atoms with van der Waals surface area (Å²) in [4.78, 5) is 42.5. The monoisotopic (exact) mass is 1070 g/mol. The molecule has 8 bridgehead atoms. The Balaban J connectivity index is 1.11. The van der Waals surface area contributed by atoms with Crippen LogP contribution in [0.1, 0.15) is 186 Å². The minimum Gasteiger partial charge on any atom is -0.494 e. The molecule has 2 aliphatic heterocycles. The van der Waals surface area contributed by atoms with Crippen LogP contribution in [0.4, 0.5) is 0 Å². The van der Waals surface area contributed by atoms with Gasteiger partial charge in [0.2, 0.25) is 0 Å². The highest BCUT2D eigenvalue weighted by Gasteiger charge is 2.20. The first kappa shape index (κ1) is 56.7. The van der Waals surface area contributed by atoms with Gasteiger partial charge in [-0.2, -0.15) is 0 Å². The topological polar surface area (TPSA) is 150 Å². The number of aromatic carboxylic acids is 2. The molecule has 0 radical (unpaired) electrons. The number of H-pyrrole nitrogens is 2. The minimum absolute atomic E-state index is 0.179. The predicted molar refractivity (Wildman–Crippen MR) is 329 cm³/mol. The number of carboxylic acid groups (broad SMARTS) is 2. The van der Waals surface area contributed by atoms with Gasteiger partial charge in [-0.15, -0.1) is 0 Å². The molecule has 10 heteroatoms. The van der Waals surface area contributed by atoms with Crippen molar-refractivity contribution in [2.75, 3.05) is 13.2 Å². The summed E-state index contributed by atoms with van der Waals surface area (Å²) < 4.78 is 12.6. The number of aromatic amines is 2. The normalized spacial score (nSPS) is 11.8. The maximum absolute atomic E-state index is 12.0. The highest BCUT2D eigenvalue weighted by Crippen LogP contribution is 2.39. The van der Waals surface area contributed by atoms with Gasteiger partial charge >= 0.3 is 11.9 Å². The first-order chi connectivity index (χ1) is 39.3. The number of hydrogen-bond acceptors (Lipinski definition) is 6. The fourth-order valence-electron chi connectivity index (χ4n) is 11.0. The van der Waals surface area contributed by atoms with Crippen LogP contribution in [-0.4, -0.2) is 55.3 Å². The van der Waals surface area contributed by atoms with Gasteiger partial charge < -0.3 is 29.7 Å². The molecule has 3 aromatic heterocycles. The van der Waals surface area contributed by atoms with Gasteiger partial charge in [0.25, 0.3) is 0 Å². The van der Waals surface area contributed by atoms with Crippen LogP contribution < -0.4 is 9.47 Å². The Kier molecular flexibility index (Phi) is 20.4. The van der Waals surface area contributed by atoms with Gasteiger partial charge in [-0.05, 0) is 132 Å². The number of fused-ring (bicyclic) bond motifs is 8. The maximum atomic E-state index is 12.0. The van der Waals surface area contributed by atoms with E-state index in [4.69, 9.17) is 19.4 Å². The summed E-state index contributed by atoms with van der Waals surface area (Å²) in [5.74, 6) is -0.371. The molecule has 10 nitrogen and oxygen atoms in total. The van der Waals surface area contributed by atoms with Gasteiger partial charge in [-0.25, -0.2) is 19.6 Å². The molecule has 0 amide bonds. The van der Waals surface area contributed by atoms with E-state index in [1.807, 2.05) is 72.8 Å². The van der Waals surface area contributed by atoms with E-state index < -0.39 is 11.9 Å². The molecule has 0 saturated heterocycles. The lowest BCUT2D eigenvalue weighted by Gasteiger charge is -2.09. The number of nitrogens with zero attached hydrogens (tertiary/aromatic N) is 2. The molecule has 0 spiro atoms. The highest BCUT2D eigenvalue weighted by atomic mass is 16.5. The second kappa shape index (κ2) is 28.8. The van der Waals surface area contributed by atoms with E-state index in [2.05, 4.69) is 72.4 Å². The van der Waals surface area contributed by atoms with E-state index in [0.717, 1.165) is 115 Å². The predicted octanol–water partition coefficient (Wildman–Crippen LogP) is 19.3. The lowest BCUT2D eigenvalue weighted by molar-refractivity contribution is 0.0686. The number of carbonyl (C=O) groups is 2. The lowest BCUT2D eigenvalue weighted by atomic mass is 10.0. The third-order valence-electron chi connectivity index (χ3n) is 15.4. The van der Waals surface area contributed by atoms with Crippen molar-refractivity contribution in [1.82, 2.24) is 19.9 Å². The fraction of sp³-hybridized carbons (Fsp3) is 0.343. The van der Waals surface area contributed by atoms with Crippen LogP contribution in [0.2, 0.25) is 0 Å². The molecule has 9 rings (SSSR count). The van der Waals surface area contributed by atoms with Crippen LogP contribution in [0.3, 0.4) is 0 Å². The first-order valence-corrected chi connectivity index (χ1v) is 29.6. The zero-order chi connectivity index (χ0) is 55.5. The second-order valence-corrected chi connectivity index (χ2v) is 21.4. The van der Waals surface area contributed by atoms with Gasteiger partial charge in [0.15, 0.2) is 0 Å². The van der Waals surface area contributed by atoms with Crippen molar-refractivity contribution in [2.24, 2.45) is 0 Å². The Morgan fingerprint density at radius 1 is 0.350 bits per heavy atom.